The molecule has 2 fully saturated rings. The fourth-order valence-corrected chi connectivity index (χ4v) is 4.47. The Morgan fingerprint density at radius 3 is 2.38 bits per heavy atom. The summed E-state index contributed by atoms with van der Waals surface area (Å²) in [6.45, 7) is 3.50. The van der Waals surface area contributed by atoms with E-state index in [1.807, 2.05) is 31.2 Å². The highest BCUT2D eigenvalue weighted by Gasteiger charge is 2.67. The molecule has 0 saturated carbocycles. The van der Waals surface area contributed by atoms with Gasteiger partial charge < -0.3 is 4.74 Å². The predicted octanol–water partition coefficient (Wildman–Crippen LogP) is 2.52. The van der Waals surface area contributed by atoms with E-state index in [0.717, 1.165) is 16.0 Å². The van der Waals surface area contributed by atoms with Crippen molar-refractivity contribution in [1.29, 1.82) is 0 Å². The van der Waals surface area contributed by atoms with Gasteiger partial charge in [0.15, 0.2) is 0 Å². The molecule has 7 heteroatoms. The number of aryl methyl sites for hydroxylation is 1. The van der Waals surface area contributed by atoms with E-state index in [1.54, 1.807) is 13.0 Å². The summed E-state index contributed by atoms with van der Waals surface area (Å²) < 4.78 is 19.3. The van der Waals surface area contributed by atoms with Crippen molar-refractivity contribution in [2.24, 2.45) is 11.8 Å². The number of nitrogens with zero attached hydrogens (tertiary/aromatic N) is 1. The van der Waals surface area contributed by atoms with E-state index in [0.29, 0.717) is 0 Å². The SMILES string of the molecule is COC(=O)[C@]1(C)N[C@H](c2ccc(C)cc2)[C@@H]2C(=O)N(c3ccccc3F)C(=O)[C@H]21. The lowest BCUT2D eigenvalue weighted by atomic mass is 9.80. The first-order chi connectivity index (χ1) is 13.8. The van der Waals surface area contributed by atoms with Gasteiger partial charge in [0.05, 0.1) is 24.6 Å². The first-order valence-corrected chi connectivity index (χ1v) is 9.34. The molecule has 2 heterocycles. The zero-order valence-electron chi connectivity index (χ0n) is 16.3. The Balaban J connectivity index is 1.84. The number of hydrogen-bond acceptors (Lipinski definition) is 5. The summed E-state index contributed by atoms with van der Waals surface area (Å²) in [5.41, 5.74) is 0.296. The van der Waals surface area contributed by atoms with Gasteiger partial charge in [-0.3, -0.25) is 19.7 Å². The monoisotopic (exact) mass is 396 g/mol. The minimum atomic E-state index is -1.41. The molecule has 4 rings (SSSR count). The van der Waals surface area contributed by atoms with Crippen LogP contribution in [0.3, 0.4) is 0 Å². The van der Waals surface area contributed by atoms with Crippen molar-refractivity contribution in [3.63, 3.8) is 0 Å². The van der Waals surface area contributed by atoms with Gasteiger partial charge in [-0.1, -0.05) is 42.0 Å². The van der Waals surface area contributed by atoms with Crippen LogP contribution < -0.4 is 10.2 Å². The van der Waals surface area contributed by atoms with Crippen molar-refractivity contribution in [2.75, 3.05) is 12.0 Å². The zero-order chi connectivity index (χ0) is 20.9. The largest absolute Gasteiger partial charge is 0.468 e. The highest BCUT2D eigenvalue weighted by molar-refractivity contribution is 6.24. The molecule has 0 spiro atoms. The Bertz CT molecular complexity index is 1010. The second kappa shape index (κ2) is 6.77. The Morgan fingerprint density at radius 2 is 1.76 bits per heavy atom. The number of esters is 1. The Labute approximate surface area is 167 Å². The molecule has 0 radical (unpaired) electrons. The number of nitrogens with one attached hydrogen (secondary N) is 1. The first-order valence-electron chi connectivity index (χ1n) is 9.34. The van der Waals surface area contributed by atoms with Crippen LogP contribution in [0.1, 0.15) is 24.1 Å². The van der Waals surface area contributed by atoms with Gasteiger partial charge in [-0.15, -0.1) is 0 Å². The van der Waals surface area contributed by atoms with Crippen LogP contribution in [0.2, 0.25) is 0 Å². The van der Waals surface area contributed by atoms with Crippen LogP contribution >= 0.6 is 0 Å². The van der Waals surface area contributed by atoms with Crippen LogP contribution in [0.5, 0.6) is 0 Å². The lowest BCUT2D eigenvalue weighted by molar-refractivity contribution is -0.151. The van der Waals surface area contributed by atoms with Crippen LogP contribution in [0.15, 0.2) is 48.5 Å². The molecule has 0 unspecified atom stereocenters. The van der Waals surface area contributed by atoms with Gasteiger partial charge in [0.1, 0.15) is 11.4 Å². The molecule has 2 aliphatic heterocycles. The normalized spacial score (nSPS) is 28.6. The Hall–Kier alpha value is -3.06. The third-order valence-corrected chi connectivity index (χ3v) is 5.93. The van der Waals surface area contributed by atoms with Crippen molar-refractivity contribution >= 4 is 23.5 Å². The average Bonchev–Trinajstić information content (AvgIpc) is 3.17. The number of rotatable bonds is 3. The maximum Gasteiger partial charge on any atom is 0.326 e. The molecule has 4 atom stereocenters. The molecule has 2 aromatic carbocycles. The van der Waals surface area contributed by atoms with Crippen LogP contribution in [0.25, 0.3) is 0 Å². The van der Waals surface area contributed by atoms with E-state index in [4.69, 9.17) is 4.74 Å². The Kier molecular flexibility index (Phi) is 4.50. The smallest absolute Gasteiger partial charge is 0.326 e. The van der Waals surface area contributed by atoms with E-state index in [2.05, 4.69) is 5.32 Å². The summed E-state index contributed by atoms with van der Waals surface area (Å²) in [7, 11) is 1.24. The number of imide groups is 1. The van der Waals surface area contributed by atoms with Crippen LogP contribution in [0, 0.1) is 24.6 Å². The number of fused-ring (bicyclic) bond motifs is 1. The molecule has 0 aliphatic carbocycles. The molecular weight excluding hydrogens is 375 g/mol. The number of methoxy groups -OCH3 is 1. The molecule has 0 bridgehead atoms. The number of para-hydroxylation sites is 1. The van der Waals surface area contributed by atoms with Gasteiger partial charge in [-0.2, -0.15) is 0 Å². The lowest BCUT2D eigenvalue weighted by Crippen LogP contribution is -2.54. The van der Waals surface area contributed by atoms with Gasteiger partial charge in [0.25, 0.3) is 0 Å². The topological polar surface area (TPSA) is 75.7 Å². The summed E-state index contributed by atoms with van der Waals surface area (Å²) in [5, 5.41) is 3.17. The van der Waals surface area contributed by atoms with Crippen molar-refractivity contribution in [1.82, 2.24) is 5.32 Å². The first kappa shape index (κ1) is 19.3. The van der Waals surface area contributed by atoms with Crippen molar-refractivity contribution in [3.8, 4) is 0 Å². The number of carbonyl (C=O) groups excluding carboxylic acids is 3. The number of hydrogen-bond donors (Lipinski definition) is 1. The minimum absolute atomic E-state index is 0.105. The van der Waals surface area contributed by atoms with Crippen LogP contribution in [-0.4, -0.2) is 30.4 Å². The van der Waals surface area contributed by atoms with Crippen molar-refractivity contribution < 1.29 is 23.5 Å². The summed E-state index contributed by atoms with van der Waals surface area (Å²) in [5.74, 6) is -4.31. The van der Waals surface area contributed by atoms with Gasteiger partial charge in [0, 0.05) is 6.04 Å². The van der Waals surface area contributed by atoms with Gasteiger partial charge in [-0.25, -0.2) is 9.29 Å². The number of anilines is 1. The van der Waals surface area contributed by atoms with Gasteiger partial charge in [0.2, 0.25) is 11.8 Å². The minimum Gasteiger partial charge on any atom is -0.468 e. The molecule has 29 heavy (non-hydrogen) atoms. The number of ether oxygens (including phenoxy) is 1. The standard InChI is InChI=1S/C22H21FN2O4/c1-12-8-10-13(11-9-12)18-16-17(22(2,24-18)21(28)29-3)20(27)25(19(16)26)15-7-5-4-6-14(15)23/h4-11,16-18,24H,1-3H3/t16-,17+,18-,22-/m1/s1. The molecular formula is C22H21FN2O4. The molecule has 2 saturated heterocycles. The number of carbonyl (C=O) groups is 3. The lowest BCUT2D eigenvalue weighted by Gasteiger charge is -2.28. The maximum atomic E-state index is 14.4. The van der Waals surface area contributed by atoms with Gasteiger partial charge in [-0.05, 0) is 31.5 Å². The zero-order valence-corrected chi connectivity index (χ0v) is 16.3. The van der Waals surface area contributed by atoms with E-state index in [1.165, 1.54) is 25.3 Å². The molecule has 150 valence electrons. The van der Waals surface area contributed by atoms with Crippen LogP contribution in [-0.2, 0) is 19.1 Å². The maximum absolute atomic E-state index is 14.4. The molecule has 6 nitrogen and oxygen atoms in total. The number of halogens is 1. The van der Waals surface area contributed by atoms with Gasteiger partial charge >= 0.3 is 5.97 Å². The summed E-state index contributed by atoms with van der Waals surface area (Å²) in [6.07, 6.45) is 0. The fraction of sp³-hybridized carbons (Fsp3) is 0.318. The second-order valence-electron chi connectivity index (χ2n) is 7.69. The van der Waals surface area contributed by atoms with Crippen molar-refractivity contribution in [2.45, 2.75) is 25.4 Å². The van der Waals surface area contributed by atoms with Crippen LogP contribution in [0.4, 0.5) is 10.1 Å². The highest BCUT2D eigenvalue weighted by Crippen LogP contribution is 2.50. The second-order valence-corrected chi connectivity index (χ2v) is 7.69. The van der Waals surface area contributed by atoms with Crippen molar-refractivity contribution in [3.05, 3.63) is 65.5 Å². The van der Waals surface area contributed by atoms with E-state index >= 15 is 0 Å². The quantitative estimate of drug-likeness (QED) is 0.637. The predicted molar refractivity (Wildman–Crippen MR) is 103 cm³/mol. The Morgan fingerprint density at radius 1 is 1.10 bits per heavy atom. The molecule has 1 N–H and O–H groups in total. The molecule has 2 aliphatic rings. The molecule has 2 amide bonds. The summed E-state index contributed by atoms with van der Waals surface area (Å²) in [6, 6.07) is 12.5. The highest BCUT2D eigenvalue weighted by atomic mass is 19.1. The third-order valence-electron chi connectivity index (χ3n) is 5.93. The number of amides is 2. The van der Waals surface area contributed by atoms with E-state index in [-0.39, 0.29) is 5.69 Å². The third kappa shape index (κ3) is 2.76. The fourth-order valence-electron chi connectivity index (χ4n) is 4.47. The number of benzene rings is 2. The molecule has 2 aromatic rings. The van der Waals surface area contributed by atoms with E-state index in [9.17, 15) is 18.8 Å². The molecule has 0 aromatic heterocycles. The summed E-state index contributed by atoms with van der Waals surface area (Å²) >= 11 is 0. The van der Waals surface area contributed by atoms with E-state index < -0.39 is 47.0 Å². The average molecular weight is 396 g/mol. The summed E-state index contributed by atoms with van der Waals surface area (Å²) in [4.78, 5) is 40.2.